The van der Waals surface area contributed by atoms with E-state index in [0.717, 1.165) is 30.7 Å². The van der Waals surface area contributed by atoms with Crippen LogP contribution in [0.25, 0.3) is 0 Å². The Kier molecular flexibility index (Phi) is 5.54. The summed E-state index contributed by atoms with van der Waals surface area (Å²) < 4.78 is 2.10. The lowest BCUT2D eigenvalue weighted by molar-refractivity contribution is 0.140. The van der Waals surface area contributed by atoms with Crippen LogP contribution in [0.1, 0.15) is 44.8 Å². The van der Waals surface area contributed by atoms with Gasteiger partial charge in [0.1, 0.15) is 11.6 Å². The molecule has 1 aromatic rings. The van der Waals surface area contributed by atoms with Crippen LogP contribution in [0.15, 0.2) is 0 Å². The van der Waals surface area contributed by atoms with Crippen LogP contribution in [0.3, 0.4) is 0 Å². The molecular formula is C15H29N5. The third-order valence-electron chi connectivity index (χ3n) is 4.51. The van der Waals surface area contributed by atoms with Crippen molar-refractivity contribution in [3.8, 4) is 0 Å². The second-order valence-corrected chi connectivity index (χ2v) is 6.10. The summed E-state index contributed by atoms with van der Waals surface area (Å²) in [4.78, 5) is 2.53. The van der Waals surface area contributed by atoms with Gasteiger partial charge in [-0.15, -0.1) is 10.2 Å². The maximum absolute atomic E-state index is 4.28. The van der Waals surface area contributed by atoms with Crippen LogP contribution in [-0.4, -0.2) is 45.3 Å². The Hall–Kier alpha value is -0.940. The quantitative estimate of drug-likeness (QED) is 0.861. The molecule has 0 spiro atoms. The van der Waals surface area contributed by atoms with Crippen molar-refractivity contribution in [1.29, 1.82) is 0 Å². The van der Waals surface area contributed by atoms with Crippen molar-refractivity contribution in [2.75, 3.05) is 19.6 Å². The SMILES string of the molecule is CCCNC(C)C1CCCN(Cc2nnc(C)n2C)C1. The van der Waals surface area contributed by atoms with E-state index in [0.29, 0.717) is 6.04 Å². The Morgan fingerprint density at radius 3 is 2.85 bits per heavy atom. The minimum atomic E-state index is 0.610. The number of aryl methyl sites for hydroxylation is 1. The highest BCUT2D eigenvalue weighted by Gasteiger charge is 2.25. The second kappa shape index (κ2) is 7.18. The first kappa shape index (κ1) is 15.4. The predicted molar refractivity (Wildman–Crippen MR) is 81.5 cm³/mol. The zero-order chi connectivity index (χ0) is 14.5. The predicted octanol–water partition coefficient (Wildman–Crippen LogP) is 1.72. The summed E-state index contributed by atoms with van der Waals surface area (Å²) in [6, 6.07) is 0.610. The Bertz CT molecular complexity index is 414. The summed E-state index contributed by atoms with van der Waals surface area (Å²) in [6.07, 6.45) is 3.84. The monoisotopic (exact) mass is 279 g/mol. The number of piperidine rings is 1. The van der Waals surface area contributed by atoms with Crippen LogP contribution in [0.5, 0.6) is 0 Å². The van der Waals surface area contributed by atoms with Gasteiger partial charge in [-0.1, -0.05) is 6.92 Å². The molecule has 114 valence electrons. The van der Waals surface area contributed by atoms with Crippen molar-refractivity contribution in [3.05, 3.63) is 11.6 Å². The molecule has 0 aliphatic carbocycles. The van der Waals surface area contributed by atoms with Gasteiger partial charge in [0.15, 0.2) is 0 Å². The Morgan fingerprint density at radius 2 is 2.20 bits per heavy atom. The minimum Gasteiger partial charge on any atom is -0.317 e. The highest BCUT2D eigenvalue weighted by Crippen LogP contribution is 2.21. The first-order valence-corrected chi connectivity index (χ1v) is 7.92. The maximum atomic E-state index is 4.28. The molecule has 1 aromatic heterocycles. The number of aromatic nitrogens is 3. The van der Waals surface area contributed by atoms with Crippen molar-refractivity contribution in [2.24, 2.45) is 13.0 Å². The molecule has 20 heavy (non-hydrogen) atoms. The van der Waals surface area contributed by atoms with Crippen LogP contribution >= 0.6 is 0 Å². The molecule has 0 radical (unpaired) electrons. The molecule has 0 aromatic carbocycles. The molecule has 0 amide bonds. The smallest absolute Gasteiger partial charge is 0.146 e. The van der Waals surface area contributed by atoms with Gasteiger partial charge in [0.2, 0.25) is 0 Å². The minimum absolute atomic E-state index is 0.610. The summed E-state index contributed by atoms with van der Waals surface area (Å²) in [7, 11) is 2.05. The topological polar surface area (TPSA) is 46.0 Å². The van der Waals surface area contributed by atoms with E-state index >= 15 is 0 Å². The lowest BCUT2D eigenvalue weighted by atomic mass is 9.91. The Balaban J connectivity index is 1.88. The molecule has 1 aliphatic rings. The van der Waals surface area contributed by atoms with Gasteiger partial charge in [-0.05, 0) is 52.1 Å². The van der Waals surface area contributed by atoms with Crippen molar-refractivity contribution < 1.29 is 0 Å². The normalized spacial score (nSPS) is 22.1. The maximum Gasteiger partial charge on any atom is 0.146 e. The van der Waals surface area contributed by atoms with Gasteiger partial charge < -0.3 is 9.88 Å². The standard InChI is InChI=1S/C15H29N5/c1-5-8-16-12(2)14-7-6-9-20(10-14)11-15-18-17-13(3)19(15)4/h12,14,16H,5-11H2,1-4H3. The summed E-state index contributed by atoms with van der Waals surface area (Å²) >= 11 is 0. The van der Waals surface area contributed by atoms with Gasteiger partial charge in [0, 0.05) is 19.6 Å². The molecule has 1 fully saturated rings. The van der Waals surface area contributed by atoms with E-state index in [1.807, 2.05) is 6.92 Å². The first-order chi connectivity index (χ1) is 9.61. The molecule has 2 atom stereocenters. The first-order valence-electron chi connectivity index (χ1n) is 7.92. The number of likely N-dealkylation sites (tertiary alicyclic amines) is 1. The number of hydrogen-bond acceptors (Lipinski definition) is 4. The third-order valence-corrected chi connectivity index (χ3v) is 4.51. The molecular weight excluding hydrogens is 250 g/mol. The highest BCUT2D eigenvalue weighted by atomic mass is 15.3. The van der Waals surface area contributed by atoms with E-state index in [1.54, 1.807) is 0 Å². The van der Waals surface area contributed by atoms with Gasteiger partial charge >= 0.3 is 0 Å². The molecule has 5 nitrogen and oxygen atoms in total. The van der Waals surface area contributed by atoms with E-state index in [4.69, 9.17) is 0 Å². The van der Waals surface area contributed by atoms with E-state index in [-0.39, 0.29) is 0 Å². The molecule has 1 N–H and O–H groups in total. The van der Waals surface area contributed by atoms with Gasteiger partial charge in [-0.25, -0.2) is 0 Å². The average Bonchev–Trinajstić information content (AvgIpc) is 2.77. The van der Waals surface area contributed by atoms with Gasteiger partial charge in [-0.3, -0.25) is 4.90 Å². The fourth-order valence-corrected chi connectivity index (χ4v) is 2.97. The number of nitrogens with zero attached hydrogens (tertiary/aromatic N) is 4. The number of hydrogen-bond donors (Lipinski definition) is 1. The molecule has 0 saturated carbocycles. The Morgan fingerprint density at radius 1 is 1.40 bits per heavy atom. The highest BCUT2D eigenvalue weighted by molar-refractivity contribution is 4.93. The van der Waals surface area contributed by atoms with Crippen LogP contribution in [0.2, 0.25) is 0 Å². The molecule has 2 heterocycles. The fraction of sp³-hybridized carbons (Fsp3) is 0.867. The van der Waals surface area contributed by atoms with E-state index < -0.39 is 0 Å². The van der Waals surface area contributed by atoms with Crippen molar-refractivity contribution in [3.63, 3.8) is 0 Å². The third kappa shape index (κ3) is 3.79. The van der Waals surface area contributed by atoms with Crippen molar-refractivity contribution in [1.82, 2.24) is 25.0 Å². The molecule has 2 unspecified atom stereocenters. The largest absolute Gasteiger partial charge is 0.317 e. The second-order valence-electron chi connectivity index (χ2n) is 6.10. The fourth-order valence-electron chi connectivity index (χ4n) is 2.97. The lowest BCUT2D eigenvalue weighted by Crippen LogP contribution is -2.44. The molecule has 0 bridgehead atoms. The number of rotatable bonds is 6. The number of nitrogens with one attached hydrogen (secondary N) is 1. The van der Waals surface area contributed by atoms with E-state index in [2.05, 4.69) is 45.9 Å². The summed E-state index contributed by atoms with van der Waals surface area (Å²) in [5.41, 5.74) is 0. The summed E-state index contributed by atoms with van der Waals surface area (Å²) in [5, 5.41) is 12.1. The van der Waals surface area contributed by atoms with E-state index in [9.17, 15) is 0 Å². The van der Waals surface area contributed by atoms with Crippen LogP contribution in [0, 0.1) is 12.8 Å². The molecule has 1 aliphatic heterocycles. The van der Waals surface area contributed by atoms with Crippen LogP contribution in [0.4, 0.5) is 0 Å². The zero-order valence-electron chi connectivity index (χ0n) is 13.4. The van der Waals surface area contributed by atoms with Crippen molar-refractivity contribution in [2.45, 2.75) is 52.6 Å². The average molecular weight is 279 g/mol. The molecule has 5 heteroatoms. The van der Waals surface area contributed by atoms with Crippen LogP contribution in [-0.2, 0) is 13.6 Å². The van der Waals surface area contributed by atoms with Gasteiger partial charge in [0.05, 0.1) is 6.54 Å². The van der Waals surface area contributed by atoms with Gasteiger partial charge in [-0.2, -0.15) is 0 Å². The van der Waals surface area contributed by atoms with Gasteiger partial charge in [0.25, 0.3) is 0 Å². The summed E-state index contributed by atoms with van der Waals surface area (Å²) in [5.74, 6) is 2.83. The lowest BCUT2D eigenvalue weighted by Gasteiger charge is -2.35. The zero-order valence-corrected chi connectivity index (χ0v) is 13.4. The van der Waals surface area contributed by atoms with Crippen molar-refractivity contribution >= 4 is 0 Å². The summed E-state index contributed by atoms with van der Waals surface area (Å²) in [6.45, 7) is 11.0. The van der Waals surface area contributed by atoms with Crippen LogP contribution < -0.4 is 5.32 Å². The Labute approximate surface area is 122 Å². The van der Waals surface area contributed by atoms with E-state index in [1.165, 1.54) is 32.4 Å². The molecule has 1 saturated heterocycles. The molecule has 2 rings (SSSR count).